The molecule has 0 unspecified atom stereocenters. The van der Waals surface area contributed by atoms with Crippen LogP contribution in [-0.4, -0.2) is 31.5 Å². The lowest BCUT2D eigenvalue weighted by Crippen LogP contribution is -2.58. The van der Waals surface area contributed by atoms with Crippen LogP contribution in [0.3, 0.4) is 0 Å². The van der Waals surface area contributed by atoms with Crippen LogP contribution in [0.5, 0.6) is 0 Å². The average molecular weight is 414 g/mol. The molecule has 1 N–H and O–H groups in total. The molecule has 1 heterocycles. The number of rotatable bonds is 3. The molecule has 1 aromatic heterocycles. The molecule has 8 atom stereocenters. The molecule has 4 fully saturated rings. The fourth-order valence-corrected chi connectivity index (χ4v) is 8.73. The molecule has 4 aliphatic carbocycles. The van der Waals surface area contributed by atoms with Gasteiger partial charge in [0, 0.05) is 5.92 Å². The first-order valence-corrected chi connectivity index (χ1v) is 12.3. The summed E-state index contributed by atoms with van der Waals surface area (Å²) >= 11 is 0. The topological polar surface area (TPSA) is 68.0 Å². The van der Waals surface area contributed by atoms with Gasteiger partial charge in [-0.3, -0.25) is 4.79 Å². The fraction of sp³-hybridized carbons (Fsp3) is 0.880. The predicted molar refractivity (Wildman–Crippen MR) is 115 cm³/mol. The average Bonchev–Trinajstić information content (AvgIpc) is 3.20. The van der Waals surface area contributed by atoms with E-state index in [2.05, 4.69) is 24.0 Å². The minimum Gasteiger partial charge on any atom is -0.390 e. The van der Waals surface area contributed by atoms with Crippen LogP contribution in [0.1, 0.15) is 85.0 Å². The Bertz CT molecular complexity index is 790. The summed E-state index contributed by atoms with van der Waals surface area (Å²) in [4.78, 5) is 14.9. The first-order valence-electron chi connectivity index (χ1n) is 12.3. The Kier molecular flexibility index (Phi) is 4.92. The van der Waals surface area contributed by atoms with E-state index in [1.54, 1.807) is 17.2 Å². The molecule has 4 saturated carbocycles. The minimum atomic E-state index is -0.469. The maximum absolute atomic E-state index is 13.3. The van der Waals surface area contributed by atoms with Crippen molar-refractivity contribution < 1.29 is 9.90 Å². The molecule has 5 heteroatoms. The van der Waals surface area contributed by atoms with E-state index in [4.69, 9.17) is 0 Å². The monoisotopic (exact) mass is 413 g/mol. The highest BCUT2D eigenvalue weighted by atomic mass is 16.3. The van der Waals surface area contributed by atoms with Crippen molar-refractivity contribution in [2.75, 3.05) is 0 Å². The number of hydrogen-bond acceptors (Lipinski definition) is 4. The van der Waals surface area contributed by atoms with E-state index >= 15 is 0 Å². The Balaban J connectivity index is 1.38. The lowest BCUT2D eigenvalue weighted by molar-refractivity contribution is -0.169. The first kappa shape index (κ1) is 20.7. The second-order valence-corrected chi connectivity index (χ2v) is 11.9. The van der Waals surface area contributed by atoms with Gasteiger partial charge in [0.2, 0.25) is 0 Å². The largest absolute Gasteiger partial charge is 0.390 e. The molecular weight excluding hydrogens is 374 g/mol. The summed E-state index contributed by atoms with van der Waals surface area (Å²) in [5.74, 6) is 3.35. The molecule has 0 saturated heterocycles. The highest BCUT2D eigenvalue weighted by molar-refractivity contribution is 5.81. The number of aliphatic hydroxyl groups is 1. The number of nitrogens with zero attached hydrogens (tertiary/aromatic N) is 3. The normalized spacial score (nSPS) is 48.3. The number of ketones is 1. The molecular formula is C25H39N3O2. The van der Waals surface area contributed by atoms with Crippen molar-refractivity contribution in [1.29, 1.82) is 0 Å². The second-order valence-electron chi connectivity index (χ2n) is 11.9. The van der Waals surface area contributed by atoms with Crippen molar-refractivity contribution >= 4 is 5.78 Å². The Hall–Kier alpha value is -1.23. The van der Waals surface area contributed by atoms with Crippen LogP contribution in [0.25, 0.3) is 0 Å². The maximum atomic E-state index is 13.3. The fourth-order valence-electron chi connectivity index (χ4n) is 8.73. The lowest BCUT2D eigenvalue weighted by Gasteiger charge is -2.64. The van der Waals surface area contributed by atoms with E-state index in [-0.39, 0.29) is 11.3 Å². The van der Waals surface area contributed by atoms with Crippen LogP contribution in [0.15, 0.2) is 12.4 Å². The van der Waals surface area contributed by atoms with Crippen molar-refractivity contribution in [2.45, 2.75) is 97.1 Å². The number of carbonyl (C=O) groups excluding carboxylic acids is 1. The lowest BCUT2D eigenvalue weighted by atomic mass is 9.41. The molecule has 0 bridgehead atoms. The predicted octanol–water partition coefficient (Wildman–Crippen LogP) is 4.65. The summed E-state index contributed by atoms with van der Waals surface area (Å²) in [6.45, 7) is 7.35. The van der Waals surface area contributed by atoms with Crippen molar-refractivity contribution in [2.24, 2.45) is 40.4 Å². The van der Waals surface area contributed by atoms with E-state index in [0.29, 0.717) is 29.6 Å². The van der Waals surface area contributed by atoms with Gasteiger partial charge in [0.15, 0.2) is 5.78 Å². The van der Waals surface area contributed by atoms with Crippen molar-refractivity contribution in [3.63, 3.8) is 0 Å². The van der Waals surface area contributed by atoms with Crippen molar-refractivity contribution in [3.05, 3.63) is 12.4 Å². The van der Waals surface area contributed by atoms with Gasteiger partial charge < -0.3 is 5.11 Å². The molecule has 5 rings (SSSR count). The van der Waals surface area contributed by atoms with Gasteiger partial charge in [0.05, 0.1) is 18.0 Å². The van der Waals surface area contributed by atoms with Gasteiger partial charge in [0.25, 0.3) is 0 Å². The SMILES string of the molecule is C[C@@]1(O)CC[C@@]2(C)[C@@H](CC[C@@H]3[C@@H]2CC[C@]2(C)[C@@H](C(=O)Cn4nccn4)CCC[C@@H]32)C1. The van der Waals surface area contributed by atoms with Crippen molar-refractivity contribution in [1.82, 2.24) is 15.0 Å². The Morgan fingerprint density at radius 3 is 2.47 bits per heavy atom. The van der Waals surface area contributed by atoms with E-state index in [9.17, 15) is 9.90 Å². The van der Waals surface area contributed by atoms with Gasteiger partial charge in [-0.2, -0.15) is 15.0 Å². The zero-order valence-corrected chi connectivity index (χ0v) is 19.0. The van der Waals surface area contributed by atoms with Crippen LogP contribution in [0.2, 0.25) is 0 Å². The van der Waals surface area contributed by atoms with Crippen LogP contribution < -0.4 is 0 Å². The molecule has 1 aromatic rings. The smallest absolute Gasteiger partial charge is 0.159 e. The standard InChI is InChI=1S/C25H39N3O2/c1-23(30)11-12-24(2)17(15-23)7-8-18-19-5-4-6-21(25(19,3)10-9-20(18)24)22(29)16-28-26-13-14-27-28/h13-14,17-21,30H,4-12,15-16H2,1-3H3/t17-,18-,19-,20-,21+,23+,24-,25-/m0/s1. The Labute approximate surface area is 181 Å². The van der Waals surface area contributed by atoms with Crippen LogP contribution in [0.4, 0.5) is 0 Å². The van der Waals surface area contributed by atoms with Gasteiger partial charge in [-0.05, 0) is 99.2 Å². The molecule has 0 aromatic carbocycles. The van der Waals surface area contributed by atoms with Gasteiger partial charge in [-0.15, -0.1) is 0 Å². The molecule has 4 aliphatic rings. The van der Waals surface area contributed by atoms with E-state index in [0.717, 1.165) is 31.1 Å². The third-order valence-corrected chi connectivity index (χ3v) is 10.3. The minimum absolute atomic E-state index is 0.132. The van der Waals surface area contributed by atoms with Crippen LogP contribution >= 0.6 is 0 Å². The van der Waals surface area contributed by atoms with Gasteiger partial charge in [0.1, 0.15) is 6.54 Å². The number of Topliss-reactive ketones (excluding diaryl/α,β-unsaturated/α-hetero) is 1. The summed E-state index contributed by atoms with van der Waals surface area (Å²) < 4.78 is 0. The third-order valence-electron chi connectivity index (χ3n) is 10.3. The quantitative estimate of drug-likeness (QED) is 0.783. The molecule has 166 valence electrons. The number of hydrogen-bond donors (Lipinski definition) is 1. The third kappa shape index (κ3) is 3.18. The Morgan fingerprint density at radius 1 is 0.967 bits per heavy atom. The summed E-state index contributed by atoms with van der Waals surface area (Å²) in [5, 5.41) is 19.1. The molecule has 0 aliphatic heterocycles. The van der Waals surface area contributed by atoms with Gasteiger partial charge in [-0.25, -0.2) is 0 Å². The molecule has 0 spiro atoms. The highest BCUT2D eigenvalue weighted by Gasteiger charge is 2.60. The van der Waals surface area contributed by atoms with E-state index in [1.165, 1.54) is 44.9 Å². The number of carbonyl (C=O) groups is 1. The van der Waals surface area contributed by atoms with Gasteiger partial charge in [-0.1, -0.05) is 20.3 Å². The van der Waals surface area contributed by atoms with Crippen molar-refractivity contribution in [3.8, 4) is 0 Å². The maximum Gasteiger partial charge on any atom is 0.159 e. The summed E-state index contributed by atoms with van der Waals surface area (Å²) in [7, 11) is 0. The molecule has 5 nitrogen and oxygen atoms in total. The van der Waals surface area contributed by atoms with Crippen LogP contribution in [-0.2, 0) is 11.3 Å². The summed E-state index contributed by atoms with van der Waals surface area (Å²) in [6.07, 6.45) is 14.9. The van der Waals surface area contributed by atoms with E-state index in [1.807, 2.05) is 6.92 Å². The number of fused-ring (bicyclic) bond motifs is 5. The zero-order valence-electron chi connectivity index (χ0n) is 19.0. The van der Waals surface area contributed by atoms with Crippen LogP contribution in [0, 0.1) is 40.4 Å². The highest BCUT2D eigenvalue weighted by Crippen LogP contribution is 2.67. The Morgan fingerprint density at radius 2 is 1.70 bits per heavy atom. The molecule has 30 heavy (non-hydrogen) atoms. The number of aromatic nitrogens is 3. The summed E-state index contributed by atoms with van der Waals surface area (Å²) in [6, 6.07) is 0. The molecule has 0 amide bonds. The first-order chi connectivity index (χ1) is 14.2. The summed E-state index contributed by atoms with van der Waals surface area (Å²) in [5.41, 5.74) is 0.0402. The molecule has 0 radical (unpaired) electrons. The zero-order chi connectivity index (χ0) is 21.1. The van der Waals surface area contributed by atoms with Gasteiger partial charge >= 0.3 is 0 Å². The van der Waals surface area contributed by atoms with E-state index < -0.39 is 5.60 Å². The second kappa shape index (κ2) is 7.15.